The van der Waals surface area contributed by atoms with E-state index in [0.29, 0.717) is 11.7 Å². The zero-order valence-corrected chi connectivity index (χ0v) is 12.1. The Kier molecular flexibility index (Phi) is 6.98. The van der Waals surface area contributed by atoms with Crippen molar-refractivity contribution in [1.29, 1.82) is 0 Å². The van der Waals surface area contributed by atoms with E-state index in [1.165, 1.54) is 11.3 Å². The molecule has 7 heteroatoms. The van der Waals surface area contributed by atoms with Gasteiger partial charge in [0.2, 0.25) is 0 Å². The molecule has 0 saturated carbocycles. The van der Waals surface area contributed by atoms with Gasteiger partial charge in [-0.2, -0.15) is 0 Å². The molecular weight excluding hydrogens is 308 g/mol. The Morgan fingerprint density at radius 3 is 2.65 bits per heavy atom. The predicted molar refractivity (Wildman–Crippen MR) is 59.9 cm³/mol. The summed E-state index contributed by atoms with van der Waals surface area (Å²) in [4.78, 5) is 23.6. The number of hydrogen-bond donors (Lipinski definition) is 1. The molecule has 96 valence electrons. The lowest BCUT2D eigenvalue weighted by Gasteiger charge is -2.00. The van der Waals surface area contributed by atoms with Crippen molar-refractivity contribution in [3.8, 4) is 0 Å². The van der Waals surface area contributed by atoms with Gasteiger partial charge in [0.15, 0.2) is 12.3 Å². The van der Waals surface area contributed by atoms with Crippen LogP contribution in [0.2, 0.25) is 0 Å². The third kappa shape index (κ3) is 5.27. The maximum atomic E-state index is 11.5. The summed E-state index contributed by atoms with van der Waals surface area (Å²) in [5.74, 6) is -0.688. The van der Waals surface area contributed by atoms with Gasteiger partial charge >= 0.3 is 11.1 Å². The molecule has 0 bridgehead atoms. The molecular formula is C10H15BrN2O3S. The van der Waals surface area contributed by atoms with Crippen LogP contribution in [-0.4, -0.2) is 18.4 Å². The summed E-state index contributed by atoms with van der Waals surface area (Å²) < 4.78 is 6.33. The zero-order valence-electron chi connectivity index (χ0n) is 9.73. The maximum Gasteiger partial charge on any atom is 0.332 e. The molecule has 0 fully saturated rings. The lowest BCUT2D eigenvalue weighted by molar-refractivity contribution is -0.665. The SMILES string of the molecule is CCOC(=O)CC(=O)C[n+]1cc(C)sc1N.[Br-]. The standard InChI is InChI=1S/C10H14N2O3S.BrH/c1-3-15-9(14)4-8(13)6-12-5-7(2)16-10(12)11;/h5,11H,3-4,6H2,1-2H3;1H. The van der Waals surface area contributed by atoms with Gasteiger partial charge in [-0.3, -0.25) is 15.3 Å². The van der Waals surface area contributed by atoms with Crippen LogP contribution in [0.15, 0.2) is 6.20 Å². The monoisotopic (exact) mass is 322 g/mol. The van der Waals surface area contributed by atoms with Crippen molar-refractivity contribution < 1.29 is 35.9 Å². The van der Waals surface area contributed by atoms with Crippen LogP contribution in [0.25, 0.3) is 0 Å². The maximum absolute atomic E-state index is 11.5. The number of nitrogens with zero attached hydrogens (tertiary/aromatic N) is 1. The minimum Gasteiger partial charge on any atom is -1.00 e. The van der Waals surface area contributed by atoms with Crippen LogP contribution in [0.4, 0.5) is 5.13 Å². The van der Waals surface area contributed by atoms with Gasteiger partial charge in [-0.1, -0.05) is 11.3 Å². The second kappa shape index (κ2) is 7.39. The van der Waals surface area contributed by atoms with Gasteiger partial charge in [-0.15, -0.1) is 0 Å². The minimum absolute atomic E-state index is 0. The quantitative estimate of drug-likeness (QED) is 0.368. The third-order valence-corrected chi connectivity index (χ3v) is 2.75. The van der Waals surface area contributed by atoms with Crippen LogP contribution >= 0.6 is 11.3 Å². The highest BCUT2D eigenvalue weighted by Crippen LogP contribution is 2.10. The number of carbonyl (C=O) groups is 2. The number of rotatable bonds is 5. The first-order valence-electron chi connectivity index (χ1n) is 4.95. The molecule has 0 saturated heterocycles. The number of nitrogen functional groups attached to an aromatic ring is 1. The molecule has 0 aliphatic heterocycles. The second-order valence-corrected chi connectivity index (χ2v) is 4.59. The number of Topliss-reactive ketones (excluding diaryl/α,β-unsaturated/α-hetero) is 1. The molecule has 1 rings (SSSR count). The second-order valence-electron chi connectivity index (χ2n) is 3.33. The number of nitrogens with two attached hydrogens (primary N) is 1. The molecule has 1 aromatic rings. The van der Waals surface area contributed by atoms with E-state index in [4.69, 9.17) is 5.73 Å². The lowest BCUT2D eigenvalue weighted by atomic mass is 10.3. The van der Waals surface area contributed by atoms with Crippen molar-refractivity contribution in [3.05, 3.63) is 11.1 Å². The van der Waals surface area contributed by atoms with E-state index in [1.807, 2.05) is 6.92 Å². The van der Waals surface area contributed by atoms with Gasteiger partial charge in [0, 0.05) is 4.88 Å². The predicted octanol–water partition coefficient (Wildman–Crippen LogP) is -2.55. The molecule has 2 N–H and O–H groups in total. The van der Waals surface area contributed by atoms with Crippen LogP contribution in [-0.2, 0) is 20.9 Å². The number of aryl methyl sites for hydroxylation is 1. The average molecular weight is 323 g/mol. The molecule has 5 nitrogen and oxygen atoms in total. The van der Waals surface area contributed by atoms with Gasteiger partial charge in [0.05, 0.1) is 6.61 Å². The number of aromatic nitrogens is 1. The van der Waals surface area contributed by atoms with Crippen molar-refractivity contribution in [2.45, 2.75) is 26.8 Å². The number of ketones is 1. The van der Waals surface area contributed by atoms with Gasteiger partial charge in [-0.05, 0) is 13.8 Å². The summed E-state index contributed by atoms with van der Waals surface area (Å²) in [6, 6.07) is 0. The molecule has 0 amide bonds. The number of hydrogen-bond acceptors (Lipinski definition) is 5. The first-order valence-corrected chi connectivity index (χ1v) is 5.77. The highest BCUT2D eigenvalue weighted by molar-refractivity contribution is 7.14. The van der Waals surface area contributed by atoms with Crippen LogP contribution in [0.3, 0.4) is 0 Å². The Morgan fingerprint density at radius 2 is 2.18 bits per heavy atom. The summed E-state index contributed by atoms with van der Waals surface area (Å²) in [6.45, 7) is 4.03. The van der Waals surface area contributed by atoms with E-state index in [-0.39, 0.29) is 35.7 Å². The van der Waals surface area contributed by atoms with Crippen LogP contribution in [0.1, 0.15) is 18.2 Å². The van der Waals surface area contributed by atoms with E-state index in [9.17, 15) is 9.59 Å². The minimum atomic E-state index is -0.487. The molecule has 0 spiro atoms. The zero-order chi connectivity index (χ0) is 12.1. The van der Waals surface area contributed by atoms with Crippen LogP contribution in [0, 0.1) is 6.92 Å². The highest BCUT2D eigenvalue weighted by atomic mass is 79.9. The van der Waals surface area contributed by atoms with Crippen molar-refractivity contribution in [2.24, 2.45) is 0 Å². The number of anilines is 1. The van der Waals surface area contributed by atoms with E-state index in [1.54, 1.807) is 17.7 Å². The number of ether oxygens (including phenoxy) is 1. The summed E-state index contributed by atoms with van der Waals surface area (Å²) in [6.07, 6.45) is 1.60. The summed E-state index contributed by atoms with van der Waals surface area (Å²) in [5.41, 5.74) is 5.69. The Balaban J connectivity index is 0.00000256. The largest absolute Gasteiger partial charge is 1.00 e. The van der Waals surface area contributed by atoms with Gasteiger partial charge in [0.25, 0.3) is 0 Å². The normalized spacial score (nSPS) is 9.53. The van der Waals surface area contributed by atoms with Crippen molar-refractivity contribution in [3.63, 3.8) is 0 Å². The van der Waals surface area contributed by atoms with E-state index >= 15 is 0 Å². The van der Waals surface area contributed by atoms with E-state index in [0.717, 1.165) is 4.88 Å². The van der Waals surface area contributed by atoms with E-state index in [2.05, 4.69) is 4.74 Å². The van der Waals surface area contributed by atoms with Crippen molar-refractivity contribution in [1.82, 2.24) is 0 Å². The van der Waals surface area contributed by atoms with Gasteiger partial charge < -0.3 is 21.7 Å². The first kappa shape index (κ1) is 16.1. The molecule has 1 aromatic heterocycles. The molecule has 0 radical (unpaired) electrons. The molecule has 1 heterocycles. The molecule has 0 unspecified atom stereocenters. The lowest BCUT2D eigenvalue weighted by Crippen LogP contribution is -3.00. The first-order chi connectivity index (χ1) is 7.52. The van der Waals surface area contributed by atoms with Crippen LogP contribution in [0.5, 0.6) is 0 Å². The van der Waals surface area contributed by atoms with Gasteiger partial charge in [0.1, 0.15) is 12.6 Å². The Morgan fingerprint density at radius 1 is 1.53 bits per heavy atom. The third-order valence-electron chi connectivity index (χ3n) is 1.88. The Labute approximate surface area is 114 Å². The number of esters is 1. The fourth-order valence-electron chi connectivity index (χ4n) is 1.28. The fraction of sp³-hybridized carbons (Fsp3) is 0.500. The molecule has 17 heavy (non-hydrogen) atoms. The van der Waals surface area contributed by atoms with Crippen LogP contribution < -0.4 is 27.3 Å². The van der Waals surface area contributed by atoms with Crippen molar-refractivity contribution >= 4 is 28.2 Å². The summed E-state index contributed by atoms with van der Waals surface area (Å²) >= 11 is 1.41. The number of thiazole rings is 1. The summed E-state index contributed by atoms with van der Waals surface area (Å²) in [5, 5.41) is 0.565. The Hall–Kier alpha value is -0.950. The van der Waals surface area contributed by atoms with Gasteiger partial charge in [-0.25, -0.2) is 4.57 Å². The molecule has 0 aliphatic carbocycles. The highest BCUT2D eigenvalue weighted by Gasteiger charge is 2.16. The smallest absolute Gasteiger partial charge is 0.332 e. The summed E-state index contributed by atoms with van der Waals surface area (Å²) in [7, 11) is 0. The fourth-order valence-corrected chi connectivity index (χ4v) is 2.02. The number of carbonyl (C=O) groups excluding carboxylic acids is 2. The topological polar surface area (TPSA) is 73.3 Å². The average Bonchev–Trinajstić information content (AvgIpc) is 2.44. The number of halogens is 1. The Bertz CT molecular complexity index is 406. The molecule has 0 aromatic carbocycles. The molecule has 0 aliphatic rings. The van der Waals surface area contributed by atoms with E-state index < -0.39 is 5.97 Å². The van der Waals surface area contributed by atoms with Crippen molar-refractivity contribution in [2.75, 3.05) is 12.3 Å². The molecule has 0 atom stereocenters.